The summed E-state index contributed by atoms with van der Waals surface area (Å²) < 4.78 is 39.3. The van der Waals surface area contributed by atoms with Crippen molar-refractivity contribution < 1.29 is 22.7 Å². The minimum absolute atomic E-state index is 0.0574. The van der Waals surface area contributed by atoms with Crippen molar-refractivity contribution in [1.29, 1.82) is 0 Å². The second-order valence-electron chi connectivity index (χ2n) is 2.33. The normalized spacial score (nSPS) is 14.1. The first kappa shape index (κ1) is 11.2. The van der Waals surface area contributed by atoms with E-state index in [0.717, 1.165) is 0 Å². The molecule has 0 spiro atoms. The zero-order valence-electron chi connectivity index (χ0n) is 6.73. The van der Waals surface area contributed by atoms with Crippen LogP contribution >= 0.6 is 0 Å². The van der Waals surface area contributed by atoms with Crippen LogP contribution in [-0.2, 0) is 9.53 Å². The molecule has 1 N–H and O–H groups in total. The molecule has 0 saturated carbocycles. The van der Waals surface area contributed by atoms with Gasteiger partial charge in [-0.3, -0.25) is 4.79 Å². The first-order chi connectivity index (χ1) is 5.38. The zero-order valence-corrected chi connectivity index (χ0v) is 6.73. The molecule has 0 aromatic heterocycles. The van der Waals surface area contributed by atoms with Crippen molar-refractivity contribution in [3.63, 3.8) is 0 Å². The highest BCUT2D eigenvalue weighted by molar-refractivity contribution is 5.81. The van der Waals surface area contributed by atoms with E-state index in [4.69, 9.17) is 0 Å². The number of nitrogens with one attached hydrogen (secondary N) is 1. The molecular formula is C6H10F3NO2. The molecule has 0 saturated heterocycles. The number of methoxy groups -OCH3 is 1. The van der Waals surface area contributed by atoms with Gasteiger partial charge in [0.15, 0.2) is 0 Å². The van der Waals surface area contributed by atoms with Crippen LogP contribution in [0.1, 0.15) is 6.92 Å². The summed E-state index contributed by atoms with van der Waals surface area (Å²) in [7, 11) is 1.34. The molecule has 1 amide bonds. The first-order valence-corrected chi connectivity index (χ1v) is 3.24. The standard InChI is InChI=1S/C6H10F3NO2/c1-4(3-12-2)10-5(11)6(7,8)9/h4H,3H2,1-2H3,(H,10,11)/t4-/m0/s1. The fraction of sp³-hybridized carbons (Fsp3) is 0.833. The number of rotatable bonds is 3. The van der Waals surface area contributed by atoms with Crippen molar-refractivity contribution in [2.24, 2.45) is 0 Å². The third-order valence-corrected chi connectivity index (χ3v) is 1.05. The van der Waals surface area contributed by atoms with Gasteiger partial charge in [0.25, 0.3) is 0 Å². The van der Waals surface area contributed by atoms with Crippen molar-refractivity contribution in [2.75, 3.05) is 13.7 Å². The minimum Gasteiger partial charge on any atom is -0.383 e. The van der Waals surface area contributed by atoms with Crippen molar-refractivity contribution in [3.05, 3.63) is 0 Å². The second-order valence-corrected chi connectivity index (χ2v) is 2.33. The van der Waals surface area contributed by atoms with Gasteiger partial charge in [0, 0.05) is 13.2 Å². The number of hydrogen-bond donors (Lipinski definition) is 1. The van der Waals surface area contributed by atoms with Crippen LogP contribution in [-0.4, -0.2) is 31.8 Å². The molecule has 0 fully saturated rings. The summed E-state index contributed by atoms with van der Waals surface area (Å²) in [6.45, 7) is 1.48. The van der Waals surface area contributed by atoms with Gasteiger partial charge in [-0.1, -0.05) is 0 Å². The average Bonchev–Trinajstić information content (AvgIpc) is 1.85. The third kappa shape index (κ3) is 4.17. The molecule has 0 unspecified atom stereocenters. The predicted octanol–water partition coefficient (Wildman–Crippen LogP) is 0.700. The van der Waals surface area contributed by atoms with Gasteiger partial charge in [0.05, 0.1) is 6.61 Å². The van der Waals surface area contributed by atoms with Gasteiger partial charge in [-0.05, 0) is 6.92 Å². The maximum atomic E-state index is 11.6. The molecular weight excluding hydrogens is 175 g/mol. The maximum absolute atomic E-state index is 11.6. The Morgan fingerprint density at radius 2 is 2.08 bits per heavy atom. The first-order valence-electron chi connectivity index (χ1n) is 3.24. The fourth-order valence-corrected chi connectivity index (χ4v) is 0.597. The summed E-state index contributed by atoms with van der Waals surface area (Å²) in [5.74, 6) is -1.94. The zero-order chi connectivity index (χ0) is 9.78. The van der Waals surface area contributed by atoms with E-state index in [0.29, 0.717) is 0 Å². The van der Waals surface area contributed by atoms with E-state index in [1.165, 1.54) is 14.0 Å². The van der Waals surface area contributed by atoms with Crippen LogP contribution in [0.25, 0.3) is 0 Å². The summed E-state index contributed by atoms with van der Waals surface area (Å²) in [5.41, 5.74) is 0. The Hall–Kier alpha value is -0.780. The van der Waals surface area contributed by atoms with E-state index in [9.17, 15) is 18.0 Å². The number of carbonyl (C=O) groups is 1. The van der Waals surface area contributed by atoms with E-state index >= 15 is 0 Å². The summed E-state index contributed by atoms with van der Waals surface area (Å²) in [5, 5.41) is 1.73. The van der Waals surface area contributed by atoms with Crippen molar-refractivity contribution in [2.45, 2.75) is 19.1 Å². The summed E-state index contributed by atoms with van der Waals surface area (Å²) in [4.78, 5) is 10.3. The molecule has 72 valence electrons. The van der Waals surface area contributed by atoms with Gasteiger partial charge in [-0.15, -0.1) is 0 Å². The number of alkyl halides is 3. The Kier molecular flexibility index (Phi) is 4.02. The Balaban J connectivity index is 3.85. The van der Waals surface area contributed by atoms with Crippen LogP contribution in [0.15, 0.2) is 0 Å². The number of carbonyl (C=O) groups excluding carboxylic acids is 1. The lowest BCUT2D eigenvalue weighted by Crippen LogP contribution is -2.43. The smallest absolute Gasteiger partial charge is 0.383 e. The summed E-state index contributed by atoms with van der Waals surface area (Å²) >= 11 is 0. The SMILES string of the molecule is COC[C@H](C)NC(=O)C(F)(F)F. The topological polar surface area (TPSA) is 38.3 Å². The van der Waals surface area contributed by atoms with E-state index < -0.39 is 18.1 Å². The van der Waals surface area contributed by atoms with E-state index in [1.807, 2.05) is 0 Å². The van der Waals surface area contributed by atoms with Gasteiger partial charge in [-0.25, -0.2) is 0 Å². The van der Waals surface area contributed by atoms with E-state index in [2.05, 4.69) is 4.74 Å². The lowest BCUT2D eigenvalue weighted by atomic mass is 10.3. The molecule has 3 nitrogen and oxygen atoms in total. The number of ether oxygens (including phenoxy) is 1. The Morgan fingerprint density at radius 3 is 2.42 bits per heavy atom. The molecule has 0 aliphatic rings. The predicted molar refractivity (Wildman–Crippen MR) is 35.5 cm³/mol. The van der Waals surface area contributed by atoms with Gasteiger partial charge in [0.2, 0.25) is 0 Å². The summed E-state index contributed by atoms with van der Waals surface area (Å²) in [6, 6.07) is -0.635. The highest BCUT2D eigenvalue weighted by atomic mass is 19.4. The van der Waals surface area contributed by atoms with Crippen molar-refractivity contribution in [3.8, 4) is 0 Å². The lowest BCUT2D eigenvalue weighted by molar-refractivity contribution is -0.174. The highest BCUT2D eigenvalue weighted by Gasteiger charge is 2.39. The molecule has 0 bridgehead atoms. The molecule has 6 heteroatoms. The molecule has 0 aliphatic heterocycles. The molecule has 0 aliphatic carbocycles. The number of hydrogen-bond acceptors (Lipinski definition) is 2. The fourth-order valence-electron chi connectivity index (χ4n) is 0.597. The minimum atomic E-state index is -4.82. The molecule has 0 heterocycles. The molecule has 0 rings (SSSR count). The molecule has 12 heavy (non-hydrogen) atoms. The van der Waals surface area contributed by atoms with Gasteiger partial charge < -0.3 is 10.1 Å². The molecule has 0 aromatic carbocycles. The van der Waals surface area contributed by atoms with Gasteiger partial charge in [-0.2, -0.15) is 13.2 Å². The monoisotopic (exact) mass is 185 g/mol. The second kappa shape index (κ2) is 4.30. The highest BCUT2D eigenvalue weighted by Crippen LogP contribution is 2.14. The van der Waals surface area contributed by atoms with Crippen LogP contribution in [0.4, 0.5) is 13.2 Å². The average molecular weight is 185 g/mol. The maximum Gasteiger partial charge on any atom is 0.471 e. The number of amides is 1. The molecule has 1 atom stereocenters. The van der Waals surface area contributed by atoms with Crippen LogP contribution < -0.4 is 5.32 Å². The summed E-state index contributed by atoms with van der Waals surface area (Å²) in [6.07, 6.45) is -4.82. The van der Waals surface area contributed by atoms with Crippen LogP contribution in [0.3, 0.4) is 0 Å². The molecule has 0 aromatic rings. The van der Waals surface area contributed by atoms with E-state index in [1.54, 1.807) is 5.32 Å². The van der Waals surface area contributed by atoms with Gasteiger partial charge >= 0.3 is 12.1 Å². The quantitative estimate of drug-likeness (QED) is 0.702. The van der Waals surface area contributed by atoms with E-state index in [-0.39, 0.29) is 6.61 Å². The lowest BCUT2D eigenvalue weighted by Gasteiger charge is -2.13. The molecule has 0 radical (unpaired) electrons. The Morgan fingerprint density at radius 1 is 1.58 bits per heavy atom. The van der Waals surface area contributed by atoms with Crippen molar-refractivity contribution in [1.82, 2.24) is 5.32 Å². The Labute approximate surface area is 67.9 Å². The third-order valence-electron chi connectivity index (χ3n) is 1.05. The van der Waals surface area contributed by atoms with Gasteiger partial charge in [0.1, 0.15) is 0 Å². The van der Waals surface area contributed by atoms with Crippen LogP contribution in [0.5, 0.6) is 0 Å². The van der Waals surface area contributed by atoms with Crippen LogP contribution in [0, 0.1) is 0 Å². The van der Waals surface area contributed by atoms with Crippen molar-refractivity contribution >= 4 is 5.91 Å². The largest absolute Gasteiger partial charge is 0.471 e. The number of halogens is 3. The Bertz CT molecular complexity index is 157. The van der Waals surface area contributed by atoms with Crippen LogP contribution in [0.2, 0.25) is 0 Å².